The minimum Gasteiger partial charge on any atom is -0.411 e. The second-order valence-corrected chi connectivity index (χ2v) is 20.8. The number of ether oxygens (including phenoxy) is 1. The highest BCUT2D eigenvalue weighted by Gasteiger charge is 2.39. The third kappa shape index (κ3) is 6.96. The highest BCUT2D eigenvalue weighted by Crippen LogP contribution is 2.41. The topological polar surface area (TPSA) is 127 Å². The Hall–Kier alpha value is -1.83. The summed E-state index contributed by atoms with van der Waals surface area (Å²) < 4.78 is 41.2. The van der Waals surface area contributed by atoms with Gasteiger partial charge in [-0.3, -0.25) is 0 Å². The van der Waals surface area contributed by atoms with Crippen LogP contribution < -0.4 is 10.0 Å². The van der Waals surface area contributed by atoms with Crippen LogP contribution in [0.5, 0.6) is 0 Å². The van der Waals surface area contributed by atoms with E-state index in [9.17, 15) is 18.3 Å². The van der Waals surface area contributed by atoms with Crippen molar-refractivity contribution in [1.82, 2.24) is 9.71 Å². The van der Waals surface area contributed by atoms with Crippen molar-refractivity contribution in [3.8, 4) is 0 Å². The maximum atomic E-state index is 13.6. The van der Waals surface area contributed by atoms with E-state index in [1.807, 2.05) is 33.8 Å². The van der Waals surface area contributed by atoms with Gasteiger partial charge in [-0.15, -0.1) is 11.3 Å². The second kappa shape index (κ2) is 11.4. The lowest BCUT2D eigenvalue weighted by Crippen LogP contribution is -2.40. The molecule has 3 rings (SSSR count). The molecule has 0 radical (unpaired) electrons. The molecule has 3 N–H and O–H groups in total. The van der Waals surface area contributed by atoms with Crippen LogP contribution in [-0.2, 0) is 44.6 Å². The number of nitrogens with zero attached hydrogens (tertiary/aromatic N) is 1. The lowest BCUT2D eigenvalue weighted by atomic mass is 9.86. The summed E-state index contributed by atoms with van der Waals surface area (Å²) in [5, 5.41) is 13.6. The van der Waals surface area contributed by atoms with Crippen LogP contribution in [0.15, 0.2) is 10.3 Å². The highest BCUT2D eigenvalue weighted by molar-refractivity contribution is 7.92. The fourth-order valence-corrected chi connectivity index (χ4v) is 7.63. The maximum Gasteiger partial charge on any atom is 0.333 e. The van der Waals surface area contributed by atoms with Gasteiger partial charge >= 0.3 is 6.03 Å². The number of hydrogen-bond acceptors (Lipinski definition) is 8. The van der Waals surface area contributed by atoms with Crippen LogP contribution in [0.4, 0.5) is 10.5 Å². The normalized spacial score (nSPS) is 14.7. The van der Waals surface area contributed by atoms with Gasteiger partial charge in [0.2, 0.25) is 0 Å². The Balaban J connectivity index is 1.97. The molecule has 0 bridgehead atoms. The number of amides is 2. The number of aromatic nitrogens is 1. The van der Waals surface area contributed by atoms with E-state index < -0.39 is 30.0 Å². The molecule has 0 unspecified atom stereocenters. The number of benzene rings is 1. The number of rotatable bonds is 9. The molecule has 0 aliphatic carbocycles. The SMILES string of the molecule is CC(C)c1cc2c(c(C(C)C)c1NC(=O)NS(=O)(=O)c1sc(C(C)(C)O)nc1CO[Si](C)(C)C(C)(C)C)COC2. The van der Waals surface area contributed by atoms with E-state index in [0.29, 0.717) is 18.9 Å². The minimum atomic E-state index is -4.34. The summed E-state index contributed by atoms with van der Waals surface area (Å²) in [5.74, 6) is 0.168. The predicted octanol–water partition coefficient (Wildman–Crippen LogP) is 6.68. The fraction of sp³-hybridized carbons (Fsp3) is 0.643. The predicted molar refractivity (Wildman–Crippen MR) is 162 cm³/mol. The van der Waals surface area contributed by atoms with Crippen molar-refractivity contribution in [2.75, 3.05) is 5.32 Å². The van der Waals surface area contributed by atoms with Crippen molar-refractivity contribution in [3.63, 3.8) is 0 Å². The molecule has 224 valence electrons. The first-order valence-electron chi connectivity index (χ1n) is 13.6. The van der Waals surface area contributed by atoms with Crippen LogP contribution in [0.3, 0.4) is 0 Å². The lowest BCUT2D eigenvalue weighted by molar-refractivity contribution is 0.0779. The Morgan fingerprint density at radius 3 is 2.30 bits per heavy atom. The third-order valence-electron chi connectivity index (χ3n) is 7.57. The van der Waals surface area contributed by atoms with Crippen molar-refractivity contribution in [3.05, 3.63) is 39.0 Å². The summed E-state index contributed by atoms with van der Waals surface area (Å²) in [4.78, 5) is 17.7. The van der Waals surface area contributed by atoms with Gasteiger partial charge in [0.25, 0.3) is 10.0 Å². The first-order valence-corrected chi connectivity index (χ1v) is 18.8. The maximum absolute atomic E-state index is 13.6. The summed E-state index contributed by atoms with van der Waals surface area (Å²) in [5.41, 5.74) is 3.44. The average molecular weight is 612 g/mol. The Morgan fingerprint density at radius 2 is 1.77 bits per heavy atom. The summed E-state index contributed by atoms with van der Waals surface area (Å²) in [6.07, 6.45) is 0. The van der Waals surface area contributed by atoms with E-state index in [-0.39, 0.29) is 38.4 Å². The van der Waals surface area contributed by atoms with Crippen LogP contribution >= 0.6 is 11.3 Å². The molecular formula is C28H45N3O6S2Si. The third-order valence-corrected chi connectivity index (χ3v) is 15.3. The number of hydrogen-bond donors (Lipinski definition) is 3. The van der Waals surface area contributed by atoms with Crippen molar-refractivity contribution in [2.45, 2.75) is 122 Å². The molecule has 0 spiro atoms. The van der Waals surface area contributed by atoms with E-state index >= 15 is 0 Å². The Labute approximate surface area is 244 Å². The van der Waals surface area contributed by atoms with E-state index in [2.05, 4.69) is 48.9 Å². The Kier molecular flexibility index (Phi) is 9.35. The molecule has 0 fully saturated rings. The number of aliphatic hydroxyl groups is 1. The van der Waals surface area contributed by atoms with Crippen molar-refractivity contribution in [2.24, 2.45) is 0 Å². The zero-order chi connectivity index (χ0) is 30.4. The van der Waals surface area contributed by atoms with E-state index in [1.165, 1.54) is 0 Å². The molecule has 1 aliphatic heterocycles. The number of carbonyl (C=O) groups excluding carboxylic acids is 1. The molecule has 1 aromatic carbocycles. The summed E-state index contributed by atoms with van der Waals surface area (Å²) in [6.45, 7) is 22.6. The van der Waals surface area contributed by atoms with Crippen molar-refractivity contribution >= 4 is 41.4 Å². The summed E-state index contributed by atoms with van der Waals surface area (Å²) in [7, 11) is -6.57. The standard InChI is InChI=1S/C28H45N3O6S2Si/c1-16(2)19-12-18-13-36-14-20(18)22(17(3)4)23(19)30-26(32)31-39(34,35)24-21(29-25(38-24)28(8,9)33)15-37-40(10,11)27(5,6)7/h12,16-17,33H,13-15H2,1-11H3,(H2,30,31,32). The fourth-order valence-electron chi connectivity index (χ4n) is 4.29. The molecule has 2 heterocycles. The molecular weight excluding hydrogens is 567 g/mol. The molecule has 0 saturated heterocycles. The Morgan fingerprint density at radius 1 is 1.15 bits per heavy atom. The molecule has 1 aliphatic rings. The average Bonchev–Trinajstić information content (AvgIpc) is 3.42. The van der Waals surface area contributed by atoms with E-state index in [1.54, 1.807) is 13.8 Å². The van der Waals surface area contributed by atoms with Gasteiger partial charge in [0.05, 0.1) is 25.5 Å². The molecule has 2 aromatic rings. The lowest BCUT2D eigenvalue weighted by Gasteiger charge is -2.36. The smallest absolute Gasteiger partial charge is 0.333 e. The van der Waals surface area contributed by atoms with Gasteiger partial charge in [0.1, 0.15) is 10.6 Å². The molecule has 9 nitrogen and oxygen atoms in total. The van der Waals surface area contributed by atoms with Gasteiger partial charge in [-0.05, 0) is 66.1 Å². The minimum absolute atomic E-state index is 0.0409. The molecule has 2 amide bonds. The van der Waals surface area contributed by atoms with Crippen molar-refractivity contribution < 1.29 is 27.5 Å². The zero-order valence-corrected chi connectivity index (χ0v) is 28.2. The van der Waals surface area contributed by atoms with E-state index in [0.717, 1.165) is 33.6 Å². The van der Waals surface area contributed by atoms with Gasteiger partial charge < -0.3 is 19.6 Å². The molecule has 1 aromatic heterocycles. The molecule has 0 atom stereocenters. The summed E-state index contributed by atoms with van der Waals surface area (Å²) in [6, 6.07) is 1.18. The van der Waals surface area contributed by atoms with Gasteiger partial charge in [0, 0.05) is 5.69 Å². The van der Waals surface area contributed by atoms with Gasteiger partial charge in [-0.2, -0.15) is 0 Å². The molecule has 40 heavy (non-hydrogen) atoms. The number of anilines is 1. The number of sulfonamides is 1. The van der Waals surface area contributed by atoms with Crippen LogP contribution in [-0.4, -0.2) is 32.9 Å². The van der Waals surface area contributed by atoms with Crippen molar-refractivity contribution in [1.29, 1.82) is 0 Å². The number of fused-ring (bicyclic) bond motifs is 1. The van der Waals surface area contributed by atoms with Gasteiger partial charge in [-0.25, -0.2) is 22.9 Å². The first-order chi connectivity index (χ1) is 18.2. The number of carbonyl (C=O) groups is 1. The van der Waals surface area contributed by atoms with Crippen LogP contribution in [0, 0.1) is 0 Å². The van der Waals surface area contributed by atoms with Crippen LogP contribution in [0.25, 0.3) is 0 Å². The number of nitrogens with one attached hydrogen (secondary N) is 2. The molecule has 12 heteroatoms. The number of thiazole rings is 1. The second-order valence-electron chi connectivity index (χ2n) is 13.1. The quantitative estimate of drug-likeness (QED) is 0.270. The molecule has 0 saturated carbocycles. The summed E-state index contributed by atoms with van der Waals surface area (Å²) >= 11 is 0.839. The zero-order valence-electron chi connectivity index (χ0n) is 25.6. The Bertz CT molecular complexity index is 1370. The van der Waals surface area contributed by atoms with Crippen LogP contribution in [0.1, 0.15) is 107 Å². The first kappa shape index (κ1) is 32.7. The largest absolute Gasteiger partial charge is 0.411 e. The monoisotopic (exact) mass is 611 g/mol. The van der Waals surface area contributed by atoms with Crippen LogP contribution in [0.2, 0.25) is 18.1 Å². The van der Waals surface area contributed by atoms with Gasteiger partial charge in [-0.1, -0.05) is 54.5 Å². The number of urea groups is 1. The highest BCUT2D eigenvalue weighted by atomic mass is 32.2. The van der Waals surface area contributed by atoms with E-state index in [4.69, 9.17) is 9.16 Å². The van der Waals surface area contributed by atoms with Gasteiger partial charge in [0.15, 0.2) is 12.5 Å².